The first kappa shape index (κ1) is 22.9. The van der Waals surface area contributed by atoms with Gasteiger partial charge in [-0.15, -0.1) is 0 Å². The Kier molecular flexibility index (Phi) is 7.16. The number of carbonyl (C=O) groups excluding carboxylic acids is 1. The fourth-order valence-electron chi connectivity index (χ4n) is 4.00. The summed E-state index contributed by atoms with van der Waals surface area (Å²) in [5.74, 6) is -0.00916. The van der Waals surface area contributed by atoms with E-state index < -0.39 is 3.92 Å². The van der Waals surface area contributed by atoms with Gasteiger partial charge in [-0.05, 0) is 50.1 Å². The average molecular weight is 589 g/mol. The Morgan fingerprint density at radius 1 is 1.10 bits per heavy atom. The van der Waals surface area contributed by atoms with Crippen molar-refractivity contribution < 1.29 is 4.79 Å². The lowest BCUT2D eigenvalue weighted by Crippen LogP contribution is -2.35. The number of nitrogens with zero attached hydrogens (tertiary/aromatic N) is 2. The van der Waals surface area contributed by atoms with Crippen LogP contribution in [0.4, 0.5) is 0 Å². The summed E-state index contributed by atoms with van der Waals surface area (Å²) in [6.45, 7) is 1.99. The fourth-order valence-corrected chi connectivity index (χ4v) is 5.38. The number of carbonyl (C=O) groups is 1. The van der Waals surface area contributed by atoms with E-state index >= 15 is 0 Å². The SMILES string of the molecule is Cc1c(C(I)C(=O)NC2CCCC2)nn(-c2ccc(Cl)cc2Cl)c1-c1ccc(Cl)cc1. The number of alkyl halides is 1. The zero-order valence-electron chi connectivity index (χ0n) is 16.8. The summed E-state index contributed by atoms with van der Waals surface area (Å²) in [6.07, 6.45) is 4.42. The van der Waals surface area contributed by atoms with Gasteiger partial charge in [-0.3, -0.25) is 4.79 Å². The van der Waals surface area contributed by atoms with Crippen LogP contribution >= 0.6 is 57.4 Å². The molecule has 0 aliphatic heterocycles. The van der Waals surface area contributed by atoms with Crippen molar-refractivity contribution >= 4 is 63.3 Å². The van der Waals surface area contributed by atoms with Crippen LogP contribution in [0.5, 0.6) is 0 Å². The van der Waals surface area contributed by atoms with Gasteiger partial charge in [-0.25, -0.2) is 4.68 Å². The molecule has 1 atom stereocenters. The maximum absolute atomic E-state index is 13.0. The van der Waals surface area contributed by atoms with E-state index in [4.69, 9.17) is 39.9 Å². The minimum Gasteiger partial charge on any atom is -0.352 e. The number of amides is 1. The highest BCUT2D eigenvalue weighted by Crippen LogP contribution is 2.37. The Morgan fingerprint density at radius 3 is 2.39 bits per heavy atom. The Morgan fingerprint density at radius 2 is 1.74 bits per heavy atom. The number of nitrogens with one attached hydrogen (secondary N) is 1. The molecule has 162 valence electrons. The molecular formula is C23H21Cl3IN3O. The number of halogens is 4. The Balaban J connectivity index is 1.79. The zero-order valence-corrected chi connectivity index (χ0v) is 21.3. The summed E-state index contributed by atoms with van der Waals surface area (Å²) in [6, 6.07) is 13.1. The Hall–Kier alpha value is -1.28. The van der Waals surface area contributed by atoms with E-state index in [-0.39, 0.29) is 11.9 Å². The summed E-state index contributed by atoms with van der Waals surface area (Å²) in [4.78, 5) is 13.0. The van der Waals surface area contributed by atoms with Crippen LogP contribution in [0.1, 0.15) is 40.9 Å². The van der Waals surface area contributed by atoms with E-state index in [0.29, 0.717) is 26.4 Å². The first-order valence-electron chi connectivity index (χ1n) is 10.1. The van der Waals surface area contributed by atoms with Crippen molar-refractivity contribution in [1.82, 2.24) is 15.1 Å². The van der Waals surface area contributed by atoms with Crippen LogP contribution in [0.15, 0.2) is 42.5 Å². The molecule has 31 heavy (non-hydrogen) atoms. The lowest BCUT2D eigenvalue weighted by atomic mass is 10.0. The molecule has 1 amide bonds. The van der Waals surface area contributed by atoms with Crippen molar-refractivity contribution in [3.05, 3.63) is 68.8 Å². The summed E-state index contributed by atoms with van der Waals surface area (Å²) >= 11 is 20.9. The van der Waals surface area contributed by atoms with Gasteiger partial charge in [0.2, 0.25) is 5.91 Å². The molecule has 2 aromatic carbocycles. The second-order valence-electron chi connectivity index (χ2n) is 7.73. The fraction of sp³-hybridized carbons (Fsp3) is 0.304. The van der Waals surface area contributed by atoms with E-state index in [1.807, 2.05) is 37.3 Å². The molecule has 1 unspecified atom stereocenters. The molecule has 1 saturated carbocycles. The zero-order chi connectivity index (χ0) is 22.1. The molecule has 4 nitrogen and oxygen atoms in total. The van der Waals surface area contributed by atoms with E-state index in [1.54, 1.807) is 16.8 Å². The highest BCUT2D eigenvalue weighted by molar-refractivity contribution is 14.1. The number of benzene rings is 2. The molecule has 3 aromatic rings. The van der Waals surface area contributed by atoms with Crippen molar-refractivity contribution in [1.29, 1.82) is 0 Å². The molecule has 8 heteroatoms. The standard InChI is InChI=1S/C23H21Cl3IN3O/c1-13-21(20(27)23(31)28-17-4-2-3-5-17)29-30(19-11-10-16(25)12-18(19)26)22(13)14-6-8-15(24)9-7-14/h6-12,17,20H,2-5H2,1H3,(H,28,31). The molecule has 0 spiro atoms. The summed E-state index contributed by atoms with van der Waals surface area (Å²) in [5.41, 5.74) is 4.14. The molecule has 1 aliphatic rings. The van der Waals surface area contributed by atoms with Gasteiger partial charge in [0, 0.05) is 27.2 Å². The normalized spacial score (nSPS) is 15.3. The number of hydrogen-bond donors (Lipinski definition) is 1. The van der Waals surface area contributed by atoms with Crippen molar-refractivity contribution in [3.63, 3.8) is 0 Å². The third kappa shape index (κ3) is 4.90. The van der Waals surface area contributed by atoms with Crippen molar-refractivity contribution in [2.75, 3.05) is 0 Å². The minimum absolute atomic E-state index is 0.00916. The minimum atomic E-state index is -0.420. The van der Waals surface area contributed by atoms with Gasteiger partial charge in [0.1, 0.15) is 3.92 Å². The molecule has 1 fully saturated rings. The highest BCUT2D eigenvalue weighted by Gasteiger charge is 2.29. The topological polar surface area (TPSA) is 46.9 Å². The molecule has 0 bridgehead atoms. The van der Waals surface area contributed by atoms with Gasteiger partial charge < -0.3 is 5.32 Å². The molecule has 0 saturated heterocycles. The predicted octanol–water partition coefficient (Wildman–Crippen LogP) is 7.34. The van der Waals surface area contributed by atoms with Crippen molar-refractivity contribution in [2.45, 2.75) is 42.6 Å². The third-order valence-corrected chi connectivity index (χ3v) is 7.53. The second-order valence-corrected chi connectivity index (χ2v) is 10.3. The molecule has 1 heterocycles. The number of hydrogen-bond acceptors (Lipinski definition) is 2. The van der Waals surface area contributed by atoms with E-state index in [1.165, 1.54) is 12.8 Å². The predicted molar refractivity (Wildman–Crippen MR) is 136 cm³/mol. The van der Waals surface area contributed by atoms with Gasteiger partial charge >= 0.3 is 0 Å². The van der Waals surface area contributed by atoms with Gasteiger partial charge in [0.25, 0.3) is 0 Å². The molecule has 1 aromatic heterocycles. The first-order chi connectivity index (χ1) is 14.8. The largest absolute Gasteiger partial charge is 0.352 e. The summed E-state index contributed by atoms with van der Waals surface area (Å²) in [5, 5.41) is 9.72. The van der Waals surface area contributed by atoms with Crippen molar-refractivity contribution in [2.24, 2.45) is 0 Å². The average Bonchev–Trinajstić information content (AvgIpc) is 3.36. The lowest BCUT2D eigenvalue weighted by Gasteiger charge is -2.15. The van der Waals surface area contributed by atoms with Crippen LogP contribution < -0.4 is 5.32 Å². The smallest absolute Gasteiger partial charge is 0.239 e. The number of rotatable bonds is 5. The van der Waals surface area contributed by atoms with Gasteiger partial charge in [0.15, 0.2) is 0 Å². The molecule has 1 aliphatic carbocycles. The summed E-state index contributed by atoms with van der Waals surface area (Å²) < 4.78 is 1.37. The molecule has 1 N–H and O–H groups in total. The van der Waals surface area contributed by atoms with E-state index in [9.17, 15) is 4.79 Å². The van der Waals surface area contributed by atoms with Gasteiger partial charge in [-0.2, -0.15) is 5.10 Å². The highest BCUT2D eigenvalue weighted by atomic mass is 127. The maximum Gasteiger partial charge on any atom is 0.239 e. The van der Waals surface area contributed by atoms with Crippen LogP contribution in [-0.2, 0) is 4.79 Å². The van der Waals surface area contributed by atoms with Gasteiger partial charge in [0.05, 0.1) is 22.1 Å². The third-order valence-electron chi connectivity index (χ3n) is 5.59. The molecular weight excluding hydrogens is 568 g/mol. The first-order valence-corrected chi connectivity index (χ1v) is 12.5. The van der Waals surface area contributed by atoms with Crippen LogP contribution in [-0.4, -0.2) is 21.7 Å². The maximum atomic E-state index is 13.0. The Labute approximate surface area is 210 Å². The van der Waals surface area contributed by atoms with Crippen LogP contribution in [0, 0.1) is 6.92 Å². The van der Waals surface area contributed by atoms with E-state index in [2.05, 4.69) is 27.9 Å². The molecule has 0 radical (unpaired) electrons. The van der Waals surface area contributed by atoms with Gasteiger partial charge in [-0.1, -0.05) is 82.4 Å². The molecule has 4 rings (SSSR count). The quantitative estimate of drug-likeness (QED) is 0.250. The second kappa shape index (κ2) is 9.69. The lowest BCUT2D eigenvalue weighted by molar-refractivity contribution is -0.121. The van der Waals surface area contributed by atoms with Crippen LogP contribution in [0.3, 0.4) is 0 Å². The number of aromatic nitrogens is 2. The van der Waals surface area contributed by atoms with Crippen molar-refractivity contribution in [3.8, 4) is 16.9 Å². The van der Waals surface area contributed by atoms with E-state index in [0.717, 1.165) is 29.7 Å². The van der Waals surface area contributed by atoms with Crippen LogP contribution in [0.25, 0.3) is 16.9 Å². The monoisotopic (exact) mass is 587 g/mol. The van der Waals surface area contributed by atoms with Crippen LogP contribution in [0.2, 0.25) is 15.1 Å². The summed E-state index contributed by atoms with van der Waals surface area (Å²) in [7, 11) is 0. The Bertz CT molecular complexity index is 1110.